The molecule has 1 fully saturated rings. The minimum absolute atomic E-state index is 0.187. The van der Waals surface area contributed by atoms with Crippen LogP contribution in [0.2, 0.25) is 0 Å². The summed E-state index contributed by atoms with van der Waals surface area (Å²) in [5.41, 5.74) is 1.94. The van der Waals surface area contributed by atoms with Crippen LogP contribution < -0.4 is 9.47 Å². The zero-order valence-electron chi connectivity index (χ0n) is 19.2. The molecule has 2 aromatic rings. The third-order valence-corrected chi connectivity index (χ3v) is 5.77. The number of ether oxygens (including phenoxy) is 2. The van der Waals surface area contributed by atoms with Crippen LogP contribution in [-0.4, -0.2) is 74.1 Å². The van der Waals surface area contributed by atoms with Gasteiger partial charge in [-0.15, -0.1) is 6.58 Å². The van der Waals surface area contributed by atoms with Gasteiger partial charge in [-0.25, -0.2) is 4.79 Å². The summed E-state index contributed by atoms with van der Waals surface area (Å²) in [6, 6.07) is 14.4. The molecule has 0 aliphatic carbocycles. The summed E-state index contributed by atoms with van der Waals surface area (Å²) in [6.45, 7) is 4.32. The maximum Gasteiger partial charge on any atom is 0.327 e. The largest absolute Gasteiger partial charge is 0.493 e. The van der Waals surface area contributed by atoms with Gasteiger partial charge in [-0.2, -0.15) is 0 Å². The van der Waals surface area contributed by atoms with Gasteiger partial charge < -0.3 is 19.3 Å². The Kier molecular flexibility index (Phi) is 7.53. The molecule has 2 atom stereocenters. The third kappa shape index (κ3) is 4.78. The summed E-state index contributed by atoms with van der Waals surface area (Å²) in [5, 5.41) is 0. The minimum atomic E-state index is -0.545. The summed E-state index contributed by atoms with van der Waals surface area (Å²) in [4.78, 5) is 31.6. The first-order valence-corrected chi connectivity index (χ1v) is 10.6. The molecule has 32 heavy (non-hydrogen) atoms. The molecule has 7 nitrogen and oxygen atoms in total. The number of methoxy groups -OCH3 is 2. The number of urea groups is 1. The van der Waals surface area contributed by atoms with E-state index in [-0.39, 0.29) is 24.5 Å². The SMILES string of the molecule is C=CCN1C(=O)N(CC(c2ccc(OC)c(OC)c2)N(C)C)C(=O)C1Cc1ccccc1. The number of hydrogen-bond acceptors (Lipinski definition) is 5. The van der Waals surface area contributed by atoms with Crippen LogP contribution in [0.3, 0.4) is 0 Å². The highest BCUT2D eigenvalue weighted by atomic mass is 16.5. The number of amides is 3. The summed E-state index contributed by atoms with van der Waals surface area (Å²) in [6.07, 6.45) is 2.13. The number of likely N-dealkylation sites (N-methyl/N-ethyl adjacent to an activating group) is 1. The molecule has 0 aromatic heterocycles. The lowest BCUT2D eigenvalue weighted by atomic mass is 10.0. The molecule has 170 valence electrons. The van der Waals surface area contributed by atoms with Gasteiger partial charge in [0.2, 0.25) is 0 Å². The molecule has 1 heterocycles. The molecule has 2 aromatic carbocycles. The van der Waals surface area contributed by atoms with Crippen molar-refractivity contribution in [2.24, 2.45) is 0 Å². The van der Waals surface area contributed by atoms with Crippen molar-refractivity contribution in [2.45, 2.75) is 18.5 Å². The van der Waals surface area contributed by atoms with E-state index in [0.717, 1.165) is 11.1 Å². The molecule has 7 heteroatoms. The standard InChI is InChI=1S/C25H31N3O4/c1-6-14-27-20(15-18-10-8-7-9-11-18)24(29)28(25(27)30)17-21(26(2)3)19-12-13-22(31-4)23(16-19)32-5/h6-13,16,20-21H,1,14-15,17H2,2-5H3. The molecule has 0 spiro atoms. The van der Waals surface area contributed by atoms with E-state index in [1.165, 1.54) is 4.90 Å². The number of carbonyl (C=O) groups excluding carboxylic acids is 2. The second-order valence-corrected chi connectivity index (χ2v) is 7.97. The van der Waals surface area contributed by atoms with Crippen LogP contribution in [0.4, 0.5) is 4.79 Å². The number of imide groups is 1. The van der Waals surface area contributed by atoms with Crippen molar-refractivity contribution in [1.82, 2.24) is 14.7 Å². The van der Waals surface area contributed by atoms with Crippen molar-refractivity contribution in [3.63, 3.8) is 0 Å². The first-order valence-electron chi connectivity index (χ1n) is 10.6. The molecule has 1 saturated heterocycles. The molecule has 1 aliphatic heterocycles. The van der Waals surface area contributed by atoms with E-state index in [0.29, 0.717) is 24.5 Å². The highest BCUT2D eigenvalue weighted by Crippen LogP contribution is 2.33. The lowest BCUT2D eigenvalue weighted by Gasteiger charge is -2.28. The lowest BCUT2D eigenvalue weighted by molar-refractivity contribution is -0.128. The Labute approximate surface area is 189 Å². The number of benzene rings is 2. The Morgan fingerprint density at radius 2 is 1.75 bits per heavy atom. The summed E-state index contributed by atoms with van der Waals surface area (Å²) in [7, 11) is 7.02. The Balaban J connectivity index is 1.88. The van der Waals surface area contributed by atoms with Crippen molar-refractivity contribution in [2.75, 3.05) is 41.4 Å². The molecule has 1 aliphatic rings. The van der Waals surface area contributed by atoms with Gasteiger partial charge in [0.25, 0.3) is 5.91 Å². The van der Waals surface area contributed by atoms with Crippen molar-refractivity contribution in [3.05, 3.63) is 72.3 Å². The monoisotopic (exact) mass is 437 g/mol. The van der Waals surface area contributed by atoms with Crippen LogP contribution in [0.5, 0.6) is 11.5 Å². The second kappa shape index (κ2) is 10.3. The fraction of sp³-hybridized carbons (Fsp3) is 0.360. The molecule has 2 unspecified atom stereocenters. The normalized spacial score (nSPS) is 17.1. The smallest absolute Gasteiger partial charge is 0.327 e. The molecular formula is C25H31N3O4. The van der Waals surface area contributed by atoms with E-state index >= 15 is 0 Å². The Morgan fingerprint density at radius 3 is 2.34 bits per heavy atom. The van der Waals surface area contributed by atoms with Gasteiger partial charge in [-0.05, 0) is 37.4 Å². The number of carbonyl (C=O) groups is 2. The quantitative estimate of drug-likeness (QED) is 0.421. The number of rotatable bonds is 10. The van der Waals surface area contributed by atoms with Crippen LogP contribution >= 0.6 is 0 Å². The predicted molar refractivity (Wildman–Crippen MR) is 124 cm³/mol. The van der Waals surface area contributed by atoms with Crippen molar-refractivity contribution < 1.29 is 19.1 Å². The van der Waals surface area contributed by atoms with Crippen molar-refractivity contribution in [1.29, 1.82) is 0 Å². The van der Waals surface area contributed by atoms with Crippen LogP contribution in [0.1, 0.15) is 17.2 Å². The topological polar surface area (TPSA) is 62.3 Å². The van der Waals surface area contributed by atoms with Crippen LogP contribution in [-0.2, 0) is 11.2 Å². The molecule has 0 radical (unpaired) electrons. The van der Waals surface area contributed by atoms with Gasteiger partial charge in [0.1, 0.15) is 6.04 Å². The van der Waals surface area contributed by atoms with Gasteiger partial charge in [0.15, 0.2) is 11.5 Å². The molecule has 0 N–H and O–H groups in total. The third-order valence-electron chi connectivity index (χ3n) is 5.77. The molecule has 3 rings (SSSR count). The fourth-order valence-electron chi connectivity index (χ4n) is 4.04. The van der Waals surface area contributed by atoms with Gasteiger partial charge >= 0.3 is 6.03 Å². The van der Waals surface area contributed by atoms with Gasteiger partial charge in [-0.3, -0.25) is 9.69 Å². The second-order valence-electron chi connectivity index (χ2n) is 7.97. The molecular weight excluding hydrogens is 406 g/mol. The Bertz CT molecular complexity index is 961. The zero-order valence-corrected chi connectivity index (χ0v) is 19.2. The van der Waals surface area contributed by atoms with Crippen LogP contribution in [0.15, 0.2) is 61.2 Å². The summed E-state index contributed by atoms with van der Waals surface area (Å²) in [5.74, 6) is 1.04. The summed E-state index contributed by atoms with van der Waals surface area (Å²) < 4.78 is 10.8. The number of nitrogens with zero attached hydrogens (tertiary/aromatic N) is 3. The van der Waals surface area contributed by atoms with E-state index in [9.17, 15) is 9.59 Å². The summed E-state index contributed by atoms with van der Waals surface area (Å²) >= 11 is 0. The minimum Gasteiger partial charge on any atom is -0.493 e. The van der Waals surface area contributed by atoms with Crippen LogP contribution in [0.25, 0.3) is 0 Å². The highest BCUT2D eigenvalue weighted by Gasteiger charge is 2.45. The van der Waals surface area contributed by atoms with Gasteiger partial charge in [0.05, 0.1) is 26.8 Å². The zero-order chi connectivity index (χ0) is 23.3. The first-order chi connectivity index (χ1) is 15.4. The molecule has 3 amide bonds. The number of hydrogen-bond donors (Lipinski definition) is 0. The van der Waals surface area contributed by atoms with E-state index < -0.39 is 6.04 Å². The van der Waals surface area contributed by atoms with Gasteiger partial charge in [0, 0.05) is 13.0 Å². The lowest BCUT2D eigenvalue weighted by Crippen LogP contribution is -2.39. The Morgan fingerprint density at radius 1 is 1.06 bits per heavy atom. The van der Waals surface area contributed by atoms with Gasteiger partial charge in [-0.1, -0.05) is 42.5 Å². The van der Waals surface area contributed by atoms with E-state index in [4.69, 9.17) is 9.47 Å². The van der Waals surface area contributed by atoms with Crippen molar-refractivity contribution in [3.8, 4) is 11.5 Å². The van der Waals surface area contributed by atoms with E-state index in [1.54, 1.807) is 25.2 Å². The molecule has 0 saturated carbocycles. The maximum absolute atomic E-state index is 13.4. The van der Waals surface area contributed by atoms with E-state index in [2.05, 4.69) is 6.58 Å². The maximum atomic E-state index is 13.4. The highest BCUT2D eigenvalue weighted by molar-refractivity contribution is 6.04. The van der Waals surface area contributed by atoms with E-state index in [1.807, 2.05) is 67.5 Å². The van der Waals surface area contributed by atoms with Crippen molar-refractivity contribution >= 4 is 11.9 Å². The molecule has 0 bridgehead atoms. The first kappa shape index (κ1) is 23.3. The Hall–Kier alpha value is -3.32. The fourth-order valence-corrected chi connectivity index (χ4v) is 4.04. The predicted octanol–water partition coefficient (Wildman–Crippen LogP) is 3.37. The average Bonchev–Trinajstić information content (AvgIpc) is 3.01. The van der Waals surface area contributed by atoms with Crippen LogP contribution in [0, 0.1) is 0 Å². The average molecular weight is 438 g/mol.